The highest BCUT2D eigenvalue weighted by molar-refractivity contribution is 7.52. The molecular weight excluding hydrogens is 531 g/mol. The van der Waals surface area contributed by atoms with Gasteiger partial charge in [0.05, 0.1) is 32.2 Å². The van der Waals surface area contributed by atoms with Crippen LogP contribution < -0.4 is 11.9 Å². The number of imidazole rings is 1. The lowest BCUT2D eigenvalue weighted by molar-refractivity contribution is 0.0610. The van der Waals surface area contributed by atoms with Gasteiger partial charge in [0.1, 0.15) is 18.2 Å². The van der Waals surface area contributed by atoms with Crippen molar-refractivity contribution in [2.24, 2.45) is 0 Å². The van der Waals surface area contributed by atoms with E-state index in [-0.39, 0.29) is 18.9 Å². The predicted octanol–water partition coefficient (Wildman–Crippen LogP) is 7.02. The maximum absolute atomic E-state index is 12.3. The van der Waals surface area contributed by atoms with Gasteiger partial charge in [-0.3, -0.25) is 4.57 Å². The third-order valence-electron chi connectivity index (χ3n) is 6.82. The Morgan fingerprint density at radius 2 is 1.45 bits per heavy atom. The Balaban J connectivity index is 0.00000800. The Labute approximate surface area is 241 Å². The molecule has 11 nitrogen and oxygen atoms in total. The topological polar surface area (TPSA) is 170 Å². The smallest absolute Gasteiger partial charge is 0.353 e. The van der Waals surface area contributed by atoms with Gasteiger partial charge < -0.3 is 35.3 Å². The summed E-state index contributed by atoms with van der Waals surface area (Å²) < 4.78 is 30.3. The van der Waals surface area contributed by atoms with E-state index >= 15 is 0 Å². The van der Waals surface area contributed by atoms with Crippen molar-refractivity contribution in [1.82, 2.24) is 25.7 Å². The third-order valence-corrected chi connectivity index (χ3v) is 7.88. The van der Waals surface area contributed by atoms with Crippen molar-refractivity contribution in [2.45, 2.75) is 123 Å². The molecule has 6 N–H and O–H groups in total. The summed E-state index contributed by atoms with van der Waals surface area (Å²) in [7, 11) is -3.86. The molecule has 0 amide bonds. The second-order valence-corrected chi connectivity index (χ2v) is 12.3. The quantitative estimate of drug-likeness (QED) is 0.0811. The zero-order valence-corrected chi connectivity index (χ0v) is 25.9. The number of nitrogens with two attached hydrogens (primary N) is 1. The van der Waals surface area contributed by atoms with Crippen LogP contribution in [0.3, 0.4) is 0 Å². The first-order chi connectivity index (χ1) is 18.9. The van der Waals surface area contributed by atoms with Crippen LogP contribution in [-0.4, -0.2) is 56.7 Å². The lowest BCUT2D eigenvalue weighted by Gasteiger charge is -2.17. The summed E-state index contributed by atoms with van der Waals surface area (Å²) in [5, 5.41) is 0. The van der Waals surface area contributed by atoms with Crippen molar-refractivity contribution in [3.63, 3.8) is 0 Å². The molecule has 0 aliphatic heterocycles. The van der Waals surface area contributed by atoms with Gasteiger partial charge in [0, 0.05) is 6.61 Å². The summed E-state index contributed by atoms with van der Waals surface area (Å²) in [6.45, 7) is 5.48. The molecule has 2 aromatic heterocycles. The average Bonchev–Trinajstić information content (AvgIpc) is 3.32. The SMILES string of the molecule is CCCCCCCCCCCCCCCCCOCCOP(=O)(O)CO[C@H](C)Cn1cnc2c(N)ncnc21.N. The van der Waals surface area contributed by atoms with E-state index < -0.39 is 13.9 Å². The summed E-state index contributed by atoms with van der Waals surface area (Å²) in [5.41, 5.74) is 6.91. The lowest BCUT2D eigenvalue weighted by Crippen LogP contribution is -2.18. The number of nitrogen functional groups attached to an aromatic ring is 1. The van der Waals surface area contributed by atoms with Crippen LogP contribution in [-0.2, 0) is 25.1 Å². The van der Waals surface area contributed by atoms with Crippen LogP contribution in [0, 0.1) is 0 Å². The van der Waals surface area contributed by atoms with Gasteiger partial charge in [0.25, 0.3) is 0 Å². The molecule has 2 atom stereocenters. The first-order valence-electron chi connectivity index (χ1n) is 15.0. The Kier molecular flexibility index (Phi) is 20.1. The van der Waals surface area contributed by atoms with E-state index in [0.717, 1.165) is 12.8 Å². The Morgan fingerprint density at radius 1 is 0.875 bits per heavy atom. The van der Waals surface area contributed by atoms with Gasteiger partial charge in [-0.25, -0.2) is 15.0 Å². The fourth-order valence-corrected chi connectivity index (χ4v) is 5.41. The normalized spacial score (nSPS) is 13.8. The van der Waals surface area contributed by atoms with Gasteiger partial charge in [-0.1, -0.05) is 96.8 Å². The fraction of sp³-hybridized carbons (Fsp3) is 0.821. The third kappa shape index (κ3) is 16.0. The predicted molar refractivity (Wildman–Crippen MR) is 162 cm³/mol. The van der Waals surface area contributed by atoms with Gasteiger partial charge in [0.2, 0.25) is 0 Å². The average molecular weight is 587 g/mol. The van der Waals surface area contributed by atoms with Gasteiger partial charge in [0.15, 0.2) is 11.5 Å². The number of aromatic nitrogens is 4. The standard InChI is InChI=1S/C28H52N5O5P.H3N/c1-3-4-5-6-7-8-9-10-11-12-13-14-15-16-17-18-36-19-20-38-39(34,35)24-37-25(2)21-33-23-32-26-27(29)30-22-31-28(26)33;/h22-23,25H,3-21,24H2,1-2H3,(H,34,35)(H2,29,30,31);1H3/t25-;/m1./s1. The molecule has 0 fully saturated rings. The molecule has 2 rings (SSSR count). The number of nitrogens with zero attached hydrogens (tertiary/aromatic N) is 4. The maximum Gasteiger partial charge on any atom is 0.353 e. The molecule has 1 unspecified atom stereocenters. The number of anilines is 1. The molecule has 0 radical (unpaired) electrons. The monoisotopic (exact) mass is 586 g/mol. The van der Waals surface area contributed by atoms with Crippen LogP contribution in [0.15, 0.2) is 12.7 Å². The van der Waals surface area contributed by atoms with Crippen molar-refractivity contribution < 1.29 is 23.5 Å². The van der Waals surface area contributed by atoms with Crippen molar-refractivity contribution >= 4 is 24.6 Å². The number of hydrogen-bond donors (Lipinski definition) is 3. The van der Waals surface area contributed by atoms with Crippen LogP contribution >= 0.6 is 7.60 Å². The van der Waals surface area contributed by atoms with Crippen LogP contribution in [0.25, 0.3) is 11.2 Å². The summed E-state index contributed by atoms with van der Waals surface area (Å²) in [6, 6.07) is 0. The fourth-order valence-electron chi connectivity index (χ4n) is 4.54. The second kappa shape index (κ2) is 22.0. The highest BCUT2D eigenvalue weighted by atomic mass is 31.2. The van der Waals surface area contributed by atoms with Crippen LogP contribution in [0.4, 0.5) is 5.82 Å². The molecule has 0 aliphatic rings. The van der Waals surface area contributed by atoms with Gasteiger partial charge in [-0.2, -0.15) is 0 Å². The zero-order chi connectivity index (χ0) is 28.2. The molecule has 0 saturated heterocycles. The van der Waals surface area contributed by atoms with E-state index in [0.29, 0.717) is 36.7 Å². The molecule has 0 aromatic carbocycles. The van der Waals surface area contributed by atoms with Crippen LogP contribution in [0.1, 0.15) is 110 Å². The molecule has 40 heavy (non-hydrogen) atoms. The van der Waals surface area contributed by atoms with Gasteiger partial charge in [-0.15, -0.1) is 0 Å². The summed E-state index contributed by atoms with van der Waals surface area (Å²) in [4.78, 5) is 22.4. The summed E-state index contributed by atoms with van der Waals surface area (Å²) in [6.07, 6.45) is 22.2. The molecule has 12 heteroatoms. The van der Waals surface area contributed by atoms with Gasteiger partial charge in [-0.05, 0) is 13.3 Å². The minimum Gasteiger partial charge on any atom is -0.382 e. The largest absolute Gasteiger partial charge is 0.382 e. The van der Waals surface area contributed by atoms with Crippen molar-refractivity contribution in [1.29, 1.82) is 0 Å². The number of fused-ring (bicyclic) bond motifs is 1. The van der Waals surface area contributed by atoms with E-state index in [4.69, 9.17) is 19.7 Å². The molecule has 2 heterocycles. The van der Waals surface area contributed by atoms with Crippen molar-refractivity contribution in [3.8, 4) is 0 Å². The molecule has 0 aliphatic carbocycles. The minimum absolute atomic E-state index is 0. The number of rotatable bonds is 25. The Bertz CT molecular complexity index is 947. The van der Waals surface area contributed by atoms with E-state index in [1.165, 1.54) is 89.8 Å². The molecule has 0 saturated carbocycles. The highest BCUT2D eigenvalue weighted by Gasteiger charge is 2.21. The van der Waals surface area contributed by atoms with Crippen molar-refractivity contribution in [2.75, 3.05) is 31.9 Å². The van der Waals surface area contributed by atoms with E-state index in [2.05, 4.69) is 21.9 Å². The second-order valence-electron chi connectivity index (χ2n) is 10.5. The minimum atomic E-state index is -3.86. The molecule has 2 aromatic rings. The molecule has 232 valence electrons. The molecule has 0 bridgehead atoms. The van der Waals surface area contributed by atoms with Crippen LogP contribution in [0.5, 0.6) is 0 Å². The zero-order valence-electron chi connectivity index (χ0n) is 25.0. The van der Waals surface area contributed by atoms with Crippen molar-refractivity contribution in [3.05, 3.63) is 12.7 Å². The van der Waals surface area contributed by atoms with E-state index in [1.54, 1.807) is 17.8 Å². The summed E-state index contributed by atoms with van der Waals surface area (Å²) >= 11 is 0. The van der Waals surface area contributed by atoms with E-state index in [9.17, 15) is 9.46 Å². The number of hydrogen-bond acceptors (Lipinski definition) is 9. The first kappa shape index (κ1) is 36.4. The Hall–Kier alpha value is -1.62. The van der Waals surface area contributed by atoms with Gasteiger partial charge >= 0.3 is 7.60 Å². The van der Waals surface area contributed by atoms with E-state index in [1.807, 2.05) is 0 Å². The Morgan fingerprint density at radius 3 is 2.05 bits per heavy atom. The lowest BCUT2D eigenvalue weighted by atomic mass is 10.0. The number of unbranched alkanes of at least 4 members (excludes halogenated alkanes) is 14. The molecular formula is C28H55N6O5P. The molecule has 0 spiro atoms. The summed E-state index contributed by atoms with van der Waals surface area (Å²) in [5.74, 6) is 0.308. The number of ether oxygens (including phenoxy) is 2. The van der Waals surface area contributed by atoms with Crippen LogP contribution in [0.2, 0.25) is 0 Å². The first-order valence-corrected chi connectivity index (χ1v) is 16.8. The highest BCUT2D eigenvalue weighted by Crippen LogP contribution is 2.41. The maximum atomic E-state index is 12.3.